The molecule has 0 aromatic heterocycles. The van der Waals surface area contributed by atoms with E-state index in [-0.39, 0.29) is 18.2 Å². The summed E-state index contributed by atoms with van der Waals surface area (Å²) in [5.41, 5.74) is 0. The summed E-state index contributed by atoms with van der Waals surface area (Å²) in [6.07, 6.45) is 6.67. The Kier molecular flexibility index (Phi) is 4.82. The Morgan fingerprint density at radius 1 is 1.53 bits per heavy atom. The van der Waals surface area contributed by atoms with Gasteiger partial charge in [-0.2, -0.15) is 0 Å². The van der Waals surface area contributed by atoms with E-state index in [4.69, 9.17) is 4.74 Å². The molecule has 1 aliphatic heterocycles. The van der Waals surface area contributed by atoms with Crippen molar-refractivity contribution in [1.29, 1.82) is 0 Å². The van der Waals surface area contributed by atoms with E-state index < -0.39 is 0 Å². The molecule has 1 heterocycles. The van der Waals surface area contributed by atoms with Crippen LogP contribution in [0.25, 0.3) is 0 Å². The van der Waals surface area contributed by atoms with Crippen LogP contribution in [-0.4, -0.2) is 25.3 Å². The minimum Gasteiger partial charge on any atom is -0.469 e. The number of rotatable bonds is 3. The van der Waals surface area contributed by atoms with Gasteiger partial charge in [0.2, 0.25) is 0 Å². The maximum atomic E-state index is 11.1. The fourth-order valence-corrected chi connectivity index (χ4v) is 1.88. The average Bonchev–Trinajstić information content (AvgIpc) is 2.23. The van der Waals surface area contributed by atoms with Gasteiger partial charge in [0.25, 0.3) is 0 Å². The molecule has 0 bridgehead atoms. The minimum absolute atomic E-state index is 0.0230. The first-order valence-electron chi connectivity index (χ1n) is 5.52. The van der Waals surface area contributed by atoms with Gasteiger partial charge in [-0.1, -0.05) is 19.1 Å². The molecule has 0 aromatic rings. The molecule has 0 radical (unpaired) electrons. The van der Waals surface area contributed by atoms with Crippen LogP contribution in [0, 0.1) is 5.92 Å². The normalized spacial score (nSPS) is 31.8. The summed E-state index contributed by atoms with van der Waals surface area (Å²) < 4.78 is 10.5. The fraction of sp³-hybridized carbons (Fsp3) is 0.750. The highest BCUT2D eigenvalue weighted by Crippen LogP contribution is 2.27. The van der Waals surface area contributed by atoms with E-state index in [1.807, 2.05) is 13.0 Å². The summed E-state index contributed by atoms with van der Waals surface area (Å²) in [6, 6.07) is 0. The van der Waals surface area contributed by atoms with Crippen LogP contribution < -0.4 is 0 Å². The lowest BCUT2D eigenvalue weighted by Gasteiger charge is -2.32. The zero-order valence-corrected chi connectivity index (χ0v) is 9.73. The Labute approximate surface area is 91.4 Å². The van der Waals surface area contributed by atoms with Crippen molar-refractivity contribution in [1.82, 2.24) is 0 Å². The highest BCUT2D eigenvalue weighted by atomic mass is 16.5. The summed E-state index contributed by atoms with van der Waals surface area (Å²) >= 11 is 0. The van der Waals surface area contributed by atoms with Crippen molar-refractivity contribution in [3.8, 4) is 0 Å². The third-order valence-corrected chi connectivity index (χ3v) is 2.86. The van der Waals surface area contributed by atoms with Crippen molar-refractivity contribution in [2.24, 2.45) is 5.92 Å². The molecule has 0 unspecified atom stereocenters. The van der Waals surface area contributed by atoms with Crippen molar-refractivity contribution >= 4 is 5.97 Å². The first kappa shape index (κ1) is 12.2. The highest BCUT2D eigenvalue weighted by Gasteiger charge is 2.27. The number of hydrogen-bond acceptors (Lipinski definition) is 3. The topological polar surface area (TPSA) is 35.5 Å². The number of carbonyl (C=O) groups is 1. The van der Waals surface area contributed by atoms with Crippen LogP contribution in [0.1, 0.15) is 33.1 Å². The summed E-state index contributed by atoms with van der Waals surface area (Å²) in [5.74, 6) is 0.351. The van der Waals surface area contributed by atoms with Crippen molar-refractivity contribution in [2.75, 3.05) is 7.11 Å². The molecule has 0 aliphatic carbocycles. The monoisotopic (exact) mass is 212 g/mol. The molecule has 3 nitrogen and oxygen atoms in total. The molecule has 86 valence electrons. The molecule has 1 rings (SSSR count). The average molecular weight is 212 g/mol. The van der Waals surface area contributed by atoms with Crippen LogP contribution in [0.5, 0.6) is 0 Å². The molecular weight excluding hydrogens is 192 g/mol. The third-order valence-electron chi connectivity index (χ3n) is 2.86. The van der Waals surface area contributed by atoms with Gasteiger partial charge in [-0.25, -0.2) is 0 Å². The van der Waals surface area contributed by atoms with Crippen LogP contribution >= 0.6 is 0 Å². The van der Waals surface area contributed by atoms with E-state index in [0.717, 1.165) is 12.8 Å². The predicted octanol–water partition coefficient (Wildman–Crippen LogP) is 2.31. The second-order valence-electron chi connectivity index (χ2n) is 4.08. The summed E-state index contributed by atoms with van der Waals surface area (Å²) in [7, 11) is 1.41. The van der Waals surface area contributed by atoms with Gasteiger partial charge in [-0.15, -0.1) is 0 Å². The van der Waals surface area contributed by atoms with E-state index in [0.29, 0.717) is 12.3 Å². The quantitative estimate of drug-likeness (QED) is 0.532. The third kappa shape index (κ3) is 3.67. The number of allylic oxidation sites excluding steroid dienone is 1. The van der Waals surface area contributed by atoms with Gasteiger partial charge in [0.15, 0.2) is 0 Å². The number of carbonyl (C=O) groups excluding carboxylic acids is 1. The molecule has 3 atom stereocenters. The molecule has 1 fully saturated rings. The van der Waals surface area contributed by atoms with Gasteiger partial charge in [0.1, 0.15) is 0 Å². The first-order chi connectivity index (χ1) is 7.17. The standard InChI is InChI=1S/C12H20O3/c1-4-5-11-9(2)6-7-10(15-11)8-12(13)14-3/h4-5,9-11H,6-8H2,1-3H3/b5-4+/t9-,10-,11-/m1/s1. The van der Waals surface area contributed by atoms with E-state index >= 15 is 0 Å². The van der Waals surface area contributed by atoms with Crippen LogP contribution in [0.2, 0.25) is 0 Å². The predicted molar refractivity (Wildman–Crippen MR) is 58.5 cm³/mol. The van der Waals surface area contributed by atoms with Gasteiger partial charge in [0, 0.05) is 0 Å². The second kappa shape index (κ2) is 5.91. The van der Waals surface area contributed by atoms with Crippen molar-refractivity contribution in [3.63, 3.8) is 0 Å². The Bertz CT molecular complexity index is 235. The highest BCUT2D eigenvalue weighted by molar-refractivity contribution is 5.69. The molecule has 0 aromatic carbocycles. The number of hydrogen-bond donors (Lipinski definition) is 0. The molecule has 1 aliphatic rings. The van der Waals surface area contributed by atoms with E-state index in [9.17, 15) is 4.79 Å². The molecular formula is C12H20O3. The number of ether oxygens (including phenoxy) is 2. The number of esters is 1. The zero-order valence-electron chi connectivity index (χ0n) is 9.73. The summed E-state index contributed by atoms with van der Waals surface area (Å²) in [4.78, 5) is 11.1. The zero-order chi connectivity index (χ0) is 11.3. The molecule has 1 saturated heterocycles. The fourth-order valence-electron chi connectivity index (χ4n) is 1.88. The van der Waals surface area contributed by atoms with Gasteiger partial charge >= 0.3 is 5.97 Å². The molecule has 0 N–H and O–H groups in total. The molecule has 3 heteroatoms. The van der Waals surface area contributed by atoms with Crippen molar-refractivity contribution in [2.45, 2.75) is 45.3 Å². The molecule has 15 heavy (non-hydrogen) atoms. The van der Waals surface area contributed by atoms with Gasteiger partial charge in [-0.3, -0.25) is 4.79 Å². The molecule has 0 spiro atoms. The van der Waals surface area contributed by atoms with E-state index in [2.05, 4.69) is 17.7 Å². The van der Waals surface area contributed by atoms with E-state index in [1.165, 1.54) is 7.11 Å². The summed E-state index contributed by atoms with van der Waals surface area (Å²) in [6.45, 7) is 4.17. The molecule has 0 amide bonds. The molecule has 0 saturated carbocycles. The van der Waals surface area contributed by atoms with Gasteiger partial charge < -0.3 is 9.47 Å². The lowest BCUT2D eigenvalue weighted by Crippen LogP contribution is -2.33. The Morgan fingerprint density at radius 2 is 2.27 bits per heavy atom. The first-order valence-corrected chi connectivity index (χ1v) is 5.52. The van der Waals surface area contributed by atoms with E-state index in [1.54, 1.807) is 0 Å². The lowest BCUT2D eigenvalue weighted by molar-refractivity contribution is -0.147. The maximum absolute atomic E-state index is 11.1. The smallest absolute Gasteiger partial charge is 0.308 e. The Hall–Kier alpha value is -0.830. The largest absolute Gasteiger partial charge is 0.469 e. The second-order valence-corrected chi connectivity index (χ2v) is 4.08. The van der Waals surface area contributed by atoms with Crippen molar-refractivity contribution in [3.05, 3.63) is 12.2 Å². The van der Waals surface area contributed by atoms with Gasteiger partial charge in [0.05, 0.1) is 25.7 Å². The van der Waals surface area contributed by atoms with Crippen molar-refractivity contribution < 1.29 is 14.3 Å². The van der Waals surface area contributed by atoms with Crippen LogP contribution in [0.4, 0.5) is 0 Å². The van der Waals surface area contributed by atoms with Crippen LogP contribution in [0.15, 0.2) is 12.2 Å². The Morgan fingerprint density at radius 3 is 2.87 bits per heavy atom. The van der Waals surface area contributed by atoms with Crippen LogP contribution in [-0.2, 0) is 14.3 Å². The number of methoxy groups -OCH3 is 1. The lowest BCUT2D eigenvalue weighted by atomic mass is 9.92. The maximum Gasteiger partial charge on any atom is 0.308 e. The van der Waals surface area contributed by atoms with Gasteiger partial charge in [-0.05, 0) is 25.7 Å². The minimum atomic E-state index is -0.186. The SMILES string of the molecule is C/C=C/[C@H]1O[C@@H](CC(=O)OC)CC[C@H]1C. The van der Waals surface area contributed by atoms with Crippen LogP contribution in [0.3, 0.4) is 0 Å². The summed E-state index contributed by atoms with van der Waals surface area (Å²) in [5, 5.41) is 0. The Balaban J connectivity index is 2.46.